The average molecular weight is 475 g/mol. The lowest BCUT2D eigenvalue weighted by atomic mass is 9.78. The molecule has 0 radical (unpaired) electrons. The van der Waals surface area contributed by atoms with Gasteiger partial charge in [0, 0.05) is 13.1 Å². The maximum Gasteiger partial charge on any atom is 0.312 e. The van der Waals surface area contributed by atoms with Crippen molar-refractivity contribution in [3.8, 4) is 0 Å². The van der Waals surface area contributed by atoms with Crippen molar-refractivity contribution in [3.05, 3.63) is 24.3 Å². The number of hydrogen-bond acceptors (Lipinski definition) is 6. The van der Waals surface area contributed by atoms with Gasteiger partial charge in [0.2, 0.25) is 11.8 Å². The summed E-state index contributed by atoms with van der Waals surface area (Å²) in [6.07, 6.45) is 10.7. The summed E-state index contributed by atoms with van der Waals surface area (Å²) < 4.78 is 12.1. The SMILES string of the molecule is CCCCN1CC=C[C@]23O[C@H]4/C=C\CCCOC(=O)[C@H]4[C@H]2C(=O)N([C@@H](CO)CC(C)C)C3C1=O. The van der Waals surface area contributed by atoms with Gasteiger partial charge < -0.3 is 24.4 Å². The predicted octanol–water partition coefficient (Wildman–Crippen LogP) is 2.07. The summed E-state index contributed by atoms with van der Waals surface area (Å²) in [7, 11) is 0. The Hall–Kier alpha value is -2.19. The summed E-state index contributed by atoms with van der Waals surface area (Å²) in [6, 6.07) is -1.46. The van der Waals surface area contributed by atoms with Gasteiger partial charge in [-0.05, 0) is 31.6 Å². The Morgan fingerprint density at radius 2 is 2.00 bits per heavy atom. The van der Waals surface area contributed by atoms with Crippen molar-refractivity contribution < 1.29 is 29.0 Å². The normalized spacial score (nSPS) is 35.1. The second-order valence-electron chi connectivity index (χ2n) is 10.3. The summed E-state index contributed by atoms with van der Waals surface area (Å²) >= 11 is 0. The number of ether oxygens (including phenoxy) is 2. The molecule has 2 amide bonds. The highest BCUT2D eigenvalue weighted by Gasteiger charge is 2.72. The largest absolute Gasteiger partial charge is 0.465 e. The fourth-order valence-electron chi connectivity index (χ4n) is 6.00. The lowest BCUT2D eigenvalue weighted by molar-refractivity contribution is -0.156. The smallest absolute Gasteiger partial charge is 0.312 e. The number of likely N-dealkylation sites (tertiary alicyclic amines) is 1. The number of nitrogens with zero attached hydrogens (tertiary/aromatic N) is 2. The summed E-state index contributed by atoms with van der Waals surface area (Å²) in [6.45, 7) is 7.17. The molecule has 0 aromatic heterocycles. The number of fused-ring (bicyclic) bond motifs is 2. The number of esters is 1. The third-order valence-corrected chi connectivity index (χ3v) is 7.50. The number of carbonyl (C=O) groups is 3. The summed E-state index contributed by atoms with van der Waals surface area (Å²) in [5, 5.41) is 10.3. The topological polar surface area (TPSA) is 96.4 Å². The highest BCUT2D eigenvalue weighted by atomic mass is 16.6. The zero-order chi connectivity index (χ0) is 24.5. The van der Waals surface area contributed by atoms with Crippen LogP contribution in [0.1, 0.15) is 52.9 Å². The number of unbranched alkanes of at least 4 members (excludes halogenated alkanes) is 1. The molecule has 2 saturated heterocycles. The number of hydrogen-bond donors (Lipinski definition) is 1. The Balaban J connectivity index is 1.82. The Kier molecular flexibility index (Phi) is 7.48. The van der Waals surface area contributed by atoms with Crippen LogP contribution >= 0.6 is 0 Å². The zero-order valence-electron chi connectivity index (χ0n) is 20.5. The number of amides is 2. The van der Waals surface area contributed by atoms with Crippen molar-refractivity contribution in [2.24, 2.45) is 17.8 Å². The molecular formula is C26H38N2O6. The van der Waals surface area contributed by atoms with Gasteiger partial charge in [-0.1, -0.05) is 51.5 Å². The van der Waals surface area contributed by atoms with Crippen molar-refractivity contribution in [2.75, 3.05) is 26.3 Å². The van der Waals surface area contributed by atoms with E-state index in [2.05, 4.69) is 6.92 Å². The van der Waals surface area contributed by atoms with Gasteiger partial charge in [0.25, 0.3) is 0 Å². The molecule has 2 fully saturated rings. The van der Waals surface area contributed by atoms with Crippen LogP contribution in [0.15, 0.2) is 24.3 Å². The minimum atomic E-state index is -1.27. The van der Waals surface area contributed by atoms with Crippen molar-refractivity contribution in [2.45, 2.75) is 76.7 Å². The third-order valence-electron chi connectivity index (χ3n) is 7.50. The van der Waals surface area contributed by atoms with Gasteiger partial charge in [0.15, 0.2) is 0 Å². The molecule has 0 aromatic carbocycles. The molecule has 0 bridgehead atoms. The van der Waals surface area contributed by atoms with Gasteiger partial charge in [-0.3, -0.25) is 14.4 Å². The molecule has 4 aliphatic heterocycles. The van der Waals surface area contributed by atoms with Gasteiger partial charge in [-0.2, -0.15) is 0 Å². The van der Waals surface area contributed by atoms with Crippen molar-refractivity contribution in [1.82, 2.24) is 9.80 Å². The lowest BCUT2D eigenvalue weighted by Gasteiger charge is -2.39. The molecule has 1 unspecified atom stereocenters. The van der Waals surface area contributed by atoms with Crippen LogP contribution < -0.4 is 0 Å². The summed E-state index contributed by atoms with van der Waals surface area (Å²) in [5.41, 5.74) is -1.27. The molecule has 6 atom stereocenters. The molecule has 0 saturated carbocycles. The van der Waals surface area contributed by atoms with E-state index in [9.17, 15) is 19.5 Å². The molecule has 34 heavy (non-hydrogen) atoms. The predicted molar refractivity (Wildman–Crippen MR) is 126 cm³/mol. The summed E-state index contributed by atoms with van der Waals surface area (Å²) in [4.78, 5) is 44.6. The van der Waals surface area contributed by atoms with Gasteiger partial charge in [-0.25, -0.2) is 0 Å². The number of rotatable bonds is 7. The van der Waals surface area contributed by atoms with Crippen molar-refractivity contribution >= 4 is 17.8 Å². The second-order valence-corrected chi connectivity index (χ2v) is 10.3. The Bertz CT molecular complexity index is 854. The molecule has 4 aliphatic rings. The van der Waals surface area contributed by atoms with Gasteiger partial charge in [-0.15, -0.1) is 0 Å². The van der Waals surface area contributed by atoms with E-state index < -0.39 is 41.6 Å². The Labute approximate surface area is 201 Å². The first-order chi connectivity index (χ1) is 16.4. The fraction of sp³-hybridized carbons (Fsp3) is 0.731. The molecule has 188 valence electrons. The average Bonchev–Trinajstić information content (AvgIpc) is 3.22. The standard InChI is InChI=1S/C26H38N2O6/c1-4-5-12-27-13-9-11-26-21(20-19(34-26)10-7-6-8-14-33-25(20)32)23(30)28(22(26)24(27)31)18(16-29)15-17(2)3/h7,9-11,17-22,29H,4-6,8,12-16H2,1-3H3/b10-7-/t18-,19+,20-,21+,22?,26+/m1/s1. The minimum absolute atomic E-state index is 0.180. The third kappa shape index (κ3) is 4.19. The maximum atomic E-state index is 14.1. The second kappa shape index (κ2) is 10.2. The first kappa shape index (κ1) is 24.9. The Morgan fingerprint density at radius 1 is 1.21 bits per heavy atom. The molecule has 4 heterocycles. The number of aliphatic hydroxyl groups is 1. The molecular weight excluding hydrogens is 436 g/mol. The maximum absolute atomic E-state index is 14.1. The molecule has 0 aromatic rings. The number of carbonyl (C=O) groups excluding carboxylic acids is 3. The van der Waals surface area contributed by atoms with E-state index in [1.54, 1.807) is 9.80 Å². The van der Waals surface area contributed by atoms with Gasteiger partial charge in [0.1, 0.15) is 17.6 Å². The summed E-state index contributed by atoms with van der Waals surface area (Å²) in [5.74, 6) is -2.43. The first-order valence-electron chi connectivity index (χ1n) is 12.8. The zero-order valence-corrected chi connectivity index (χ0v) is 20.5. The monoisotopic (exact) mass is 474 g/mol. The van der Waals surface area contributed by atoms with E-state index in [1.165, 1.54) is 0 Å². The number of allylic oxidation sites excluding steroid dienone is 1. The van der Waals surface area contributed by atoms with Crippen LogP contribution in [-0.2, 0) is 23.9 Å². The van der Waals surface area contributed by atoms with E-state index >= 15 is 0 Å². The van der Waals surface area contributed by atoms with Gasteiger partial charge >= 0.3 is 5.97 Å². The highest BCUT2D eigenvalue weighted by Crippen LogP contribution is 2.53. The van der Waals surface area contributed by atoms with Gasteiger partial charge in [0.05, 0.1) is 31.3 Å². The molecule has 1 spiro atoms. The van der Waals surface area contributed by atoms with Crippen LogP contribution in [0, 0.1) is 17.8 Å². The van der Waals surface area contributed by atoms with Crippen LogP contribution in [0.25, 0.3) is 0 Å². The molecule has 8 heteroatoms. The van der Waals surface area contributed by atoms with E-state index in [1.807, 2.05) is 38.2 Å². The van der Waals surface area contributed by atoms with Crippen LogP contribution in [0.3, 0.4) is 0 Å². The molecule has 8 nitrogen and oxygen atoms in total. The van der Waals surface area contributed by atoms with E-state index in [-0.39, 0.29) is 24.3 Å². The fourth-order valence-corrected chi connectivity index (χ4v) is 6.00. The molecule has 4 rings (SSSR count). The van der Waals surface area contributed by atoms with E-state index in [0.29, 0.717) is 32.5 Å². The van der Waals surface area contributed by atoms with Crippen LogP contribution in [0.4, 0.5) is 0 Å². The minimum Gasteiger partial charge on any atom is -0.465 e. The first-order valence-corrected chi connectivity index (χ1v) is 12.8. The highest BCUT2D eigenvalue weighted by molar-refractivity contribution is 5.99. The van der Waals surface area contributed by atoms with Crippen molar-refractivity contribution in [3.63, 3.8) is 0 Å². The number of aliphatic hydroxyl groups excluding tert-OH is 1. The quantitative estimate of drug-likeness (QED) is 0.448. The van der Waals surface area contributed by atoms with E-state index in [4.69, 9.17) is 9.47 Å². The molecule has 0 aliphatic carbocycles. The van der Waals surface area contributed by atoms with Crippen LogP contribution in [0.2, 0.25) is 0 Å². The van der Waals surface area contributed by atoms with Crippen LogP contribution in [0.5, 0.6) is 0 Å². The number of cyclic esters (lactones) is 1. The van der Waals surface area contributed by atoms with Crippen LogP contribution in [-0.4, -0.2) is 82.8 Å². The van der Waals surface area contributed by atoms with Crippen molar-refractivity contribution in [1.29, 1.82) is 0 Å². The Morgan fingerprint density at radius 3 is 2.71 bits per heavy atom. The lowest BCUT2D eigenvalue weighted by Crippen LogP contribution is -2.58. The molecule has 1 N–H and O–H groups in total. The van der Waals surface area contributed by atoms with E-state index in [0.717, 1.165) is 19.3 Å².